The molecule has 0 bridgehead atoms. The van der Waals surface area contributed by atoms with Gasteiger partial charge in [-0.1, -0.05) is 0 Å². The Labute approximate surface area is 101 Å². The molecular weight excluding hydrogens is 242 g/mol. The number of ketones is 1. The molecule has 2 aromatic rings. The highest BCUT2D eigenvalue weighted by Gasteiger charge is 2.14. The van der Waals surface area contributed by atoms with Gasteiger partial charge in [-0.2, -0.15) is 0 Å². The molecule has 6 heteroatoms. The van der Waals surface area contributed by atoms with Gasteiger partial charge in [0.25, 0.3) is 0 Å². The van der Waals surface area contributed by atoms with Crippen LogP contribution in [0.5, 0.6) is 0 Å². The normalized spacial score (nSPS) is 12.6. The van der Waals surface area contributed by atoms with Gasteiger partial charge >= 0.3 is 0 Å². The topological polar surface area (TPSA) is 68.9 Å². The fourth-order valence-corrected chi connectivity index (χ4v) is 2.59. The maximum atomic E-state index is 11.8. The zero-order chi connectivity index (χ0) is 11.5. The van der Waals surface area contributed by atoms with Crippen LogP contribution in [0.4, 0.5) is 0 Å². The van der Waals surface area contributed by atoms with Crippen LogP contribution in [0.25, 0.3) is 0 Å². The first-order valence-electron chi connectivity index (χ1n) is 4.79. The molecule has 0 aliphatic heterocycles. The Morgan fingerprint density at radius 3 is 2.94 bits per heavy atom. The van der Waals surface area contributed by atoms with Crippen molar-refractivity contribution in [3.63, 3.8) is 0 Å². The SMILES string of the molecule is CC(N)c1nc(C(=O)Cc2nccs2)cs1. The van der Waals surface area contributed by atoms with E-state index in [1.807, 2.05) is 12.3 Å². The van der Waals surface area contributed by atoms with Crippen LogP contribution in [0.3, 0.4) is 0 Å². The van der Waals surface area contributed by atoms with Gasteiger partial charge in [-0.05, 0) is 6.92 Å². The zero-order valence-corrected chi connectivity index (χ0v) is 10.3. The number of nitrogens with zero attached hydrogens (tertiary/aromatic N) is 2. The van der Waals surface area contributed by atoms with Gasteiger partial charge in [-0.3, -0.25) is 4.79 Å². The third-order valence-corrected chi connectivity index (χ3v) is 3.82. The van der Waals surface area contributed by atoms with Crippen LogP contribution < -0.4 is 5.73 Å². The molecule has 0 saturated carbocycles. The van der Waals surface area contributed by atoms with Gasteiger partial charge in [0, 0.05) is 17.0 Å². The molecule has 0 spiro atoms. The van der Waals surface area contributed by atoms with Crippen molar-refractivity contribution in [1.82, 2.24) is 9.97 Å². The van der Waals surface area contributed by atoms with Crippen molar-refractivity contribution in [3.05, 3.63) is 32.7 Å². The standard InChI is InChI=1S/C10H11N3OS2/c1-6(11)10-13-7(5-16-10)8(14)4-9-12-2-3-15-9/h2-3,5-6H,4,11H2,1H3. The Kier molecular flexibility index (Phi) is 3.42. The molecule has 2 aromatic heterocycles. The summed E-state index contributed by atoms with van der Waals surface area (Å²) in [4.78, 5) is 20.1. The lowest BCUT2D eigenvalue weighted by molar-refractivity contribution is 0.0988. The fourth-order valence-electron chi connectivity index (χ4n) is 1.19. The molecule has 0 aliphatic rings. The molecule has 0 aliphatic carbocycles. The summed E-state index contributed by atoms with van der Waals surface area (Å²) in [6.07, 6.45) is 2.02. The minimum atomic E-state index is -0.119. The lowest BCUT2D eigenvalue weighted by Gasteiger charge is -1.97. The van der Waals surface area contributed by atoms with Crippen LogP contribution in [0, 0.1) is 0 Å². The van der Waals surface area contributed by atoms with E-state index in [0.717, 1.165) is 10.0 Å². The van der Waals surface area contributed by atoms with Gasteiger partial charge in [-0.15, -0.1) is 22.7 Å². The molecule has 2 heterocycles. The second-order valence-corrected chi connectivity index (χ2v) is 5.25. The van der Waals surface area contributed by atoms with Gasteiger partial charge in [-0.25, -0.2) is 9.97 Å². The van der Waals surface area contributed by atoms with Gasteiger partial charge in [0.15, 0.2) is 5.78 Å². The lowest BCUT2D eigenvalue weighted by Crippen LogP contribution is -2.07. The summed E-state index contributed by atoms with van der Waals surface area (Å²) < 4.78 is 0. The quantitative estimate of drug-likeness (QED) is 0.847. The van der Waals surface area contributed by atoms with E-state index in [0.29, 0.717) is 12.1 Å². The van der Waals surface area contributed by atoms with Gasteiger partial charge < -0.3 is 5.73 Å². The van der Waals surface area contributed by atoms with E-state index in [1.165, 1.54) is 22.7 Å². The average Bonchev–Trinajstić information content (AvgIpc) is 2.86. The summed E-state index contributed by atoms with van der Waals surface area (Å²) in [6.45, 7) is 1.86. The first-order valence-corrected chi connectivity index (χ1v) is 6.55. The first kappa shape index (κ1) is 11.4. The van der Waals surface area contributed by atoms with Crippen LogP contribution >= 0.6 is 22.7 Å². The van der Waals surface area contributed by atoms with E-state index in [1.54, 1.807) is 11.6 Å². The highest BCUT2D eigenvalue weighted by atomic mass is 32.1. The number of thiazole rings is 2. The van der Waals surface area contributed by atoms with Crippen molar-refractivity contribution in [2.75, 3.05) is 0 Å². The Morgan fingerprint density at radius 2 is 2.38 bits per heavy atom. The molecule has 4 nitrogen and oxygen atoms in total. The minimum absolute atomic E-state index is 0.00176. The summed E-state index contributed by atoms with van der Waals surface area (Å²) in [5.41, 5.74) is 6.18. The number of aromatic nitrogens is 2. The van der Waals surface area contributed by atoms with Crippen molar-refractivity contribution in [2.24, 2.45) is 5.73 Å². The van der Waals surface area contributed by atoms with Crippen LogP contribution in [-0.2, 0) is 6.42 Å². The second-order valence-electron chi connectivity index (χ2n) is 3.39. The van der Waals surface area contributed by atoms with E-state index in [4.69, 9.17) is 5.73 Å². The van der Waals surface area contributed by atoms with E-state index in [9.17, 15) is 4.79 Å². The summed E-state index contributed by atoms with van der Waals surface area (Å²) in [5.74, 6) is -0.00176. The number of rotatable bonds is 4. The summed E-state index contributed by atoms with van der Waals surface area (Å²) >= 11 is 2.90. The van der Waals surface area contributed by atoms with Crippen LogP contribution in [0.15, 0.2) is 17.0 Å². The van der Waals surface area contributed by atoms with Crippen LogP contribution in [0.2, 0.25) is 0 Å². The number of carbonyl (C=O) groups excluding carboxylic acids is 1. The van der Waals surface area contributed by atoms with E-state index >= 15 is 0 Å². The number of carbonyl (C=O) groups is 1. The van der Waals surface area contributed by atoms with E-state index < -0.39 is 0 Å². The minimum Gasteiger partial charge on any atom is -0.322 e. The average molecular weight is 253 g/mol. The zero-order valence-electron chi connectivity index (χ0n) is 8.71. The van der Waals surface area contributed by atoms with Gasteiger partial charge in [0.05, 0.1) is 12.5 Å². The Hall–Kier alpha value is -1.11. The number of hydrogen-bond donors (Lipinski definition) is 1. The molecule has 2 N–H and O–H groups in total. The van der Waals surface area contributed by atoms with Crippen molar-refractivity contribution < 1.29 is 4.79 Å². The molecule has 84 valence electrons. The molecule has 0 radical (unpaired) electrons. The van der Waals surface area contributed by atoms with Crippen molar-refractivity contribution in [2.45, 2.75) is 19.4 Å². The van der Waals surface area contributed by atoms with E-state index in [-0.39, 0.29) is 11.8 Å². The number of nitrogens with two attached hydrogens (primary N) is 1. The molecule has 0 amide bonds. The van der Waals surface area contributed by atoms with Crippen molar-refractivity contribution in [1.29, 1.82) is 0 Å². The Bertz CT molecular complexity index is 476. The van der Waals surface area contributed by atoms with Gasteiger partial charge in [0.1, 0.15) is 15.7 Å². The predicted molar refractivity (Wildman–Crippen MR) is 64.9 cm³/mol. The second kappa shape index (κ2) is 4.82. The Morgan fingerprint density at radius 1 is 1.56 bits per heavy atom. The molecule has 1 atom stereocenters. The fraction of sp³-hybridized carbons (Fsp3) is 0.300. The molecule has 0 saturated heterocycles. The van der Waals surface area contributed by atoms with Crippen LogP contribution in [0.1, 0.15) is 33.5 Å². The molecule has 0 aromatic carbocycles. The first-order chi connectivity index (χ1) is 7.66. The third-order valence-electron chi connectivity index (χ3n) is 1.99. The molecule has 16 heavy (non-hydrogen) atoms. The van der Waals surface area contributed by atoms with Crippen molar-refractivity contribution in [3.8, 4) is 0 Å². The lowest BCUT2D eigenvalue weighted by atomic mass is 10.2. The van der Waals surface area contributed by atoms with Crippen molar-refractivity contribution >= 4 is 28.5 Å². The highest BCUT2D eigenvalue weighted by molar-refractivity contribution is 7.10. The number of Topliss-reactive ketones (excluding diaryl/α,β-unsaturated/α-hetero) is 1. The van der Waals surface area contributed by atoms with Gasteiger partial charge in [0.2, 0.25) is 0 Å². The molecule has 2 rings (SSSR count). The number of hydrogen-bond acceptors (Lipinski definition) is 6. The Balaban J connectivity index is 2.09. The molecular formula is C10H11N3OS2. The largest absolute Gasteiger partial charge is 0.322 e. The molecule has 0 fully saturated rings. The third kappa shape index (κ3) is 2.52. The smallest absolute Gasteiger partial charge is 0.188 e. The monoisotopic (exact) mass is 253 g/mol. The summed E-state index contributed by atoms with van der Waals surface area (Å²) in [7, 11) is 0. The highest BCUT2D eigenvalue weighted by Crippen LogP contribution is 2.17. The van der Waals surface area contributed by atoms with Crippen LogP contribution in [-0.4, -0.2) is 15.8 Å². The maximum absolute atomic E-state index is 11.8. The maximum Gasteiger partial charge on any atom is 0.188 e. The summed E-state index contributed by atoms with van der Waals surface area (Å²) in [5, 5.41) is 5.23. The summed E-state index contributed by atoms with van der Waals surface area (Å²) in [6, 6.07) is -0.119. The van der Waals surface area contributed by atoms with E-state index in [2.05, 4.69) is 9.97 Å². The molecule has 1 unspecified atom stereocenters. The predicted octanol–water partition coefficient (Wildman–Crippen LogP) is 2.04.